The highest BCUT2D eigenvalue weighted by Crippen LogP contribution is 2.29. The molecule has 1 amide bonds. The number of carbonyl (C=O) groups is 1. The zero-order valence-electron chi connectivity index (χ0n) is 11.9. The smallest absolute Gasteiger partial charge is 0.223 e. The second-order valence-electron chi connectivity index (χ2n) is 5.30. The van der Waals surface area contributed by atoms with Crippen molar-refractivity contribution in [3.63, 3.8) is 0 Å². The van der Waals surface area contributed by atoms with Crippen LogP contribution in [0.25, 0.3) is 10.4 Å². The molecule has 0 radical (unpaired) electrons. The van der Waals surface area contributed by atoms with E-state index < -0.39 is 0 Å². The first kappa shape index (κ1) is 14.5. The van der Waals surface area contributed by atoms with Gasteiger partial charge < -0.3 is 5.32 Å². The molecule has 1 atom stereocenters. The minimum absolute atomic E-state index is 0.180. The Labute approximate surface area is 133 Å². The predicted octanol–water partition coefficient (Wildman–Crippen LogP) is 4.49. The van der Waals surface area contributed by atoms with Gasteiger partial charge in [0.05, 0.1) is 0 Å². The van der Waals surface area contributed by atoms with Gasteiger partial charge in [0.25, 0.3) is 0 Å². The van der Waals surface area contributed by atoms with Gasteiger partial charge in [-0.2, -0.15) is 11.3 Å². The van der Waals surface area contributed by atoms with Gasteiger partial charge >= 0.3 is 0 Å². The molecule has 2 aromatic heterocycles. The van der Waals surface area contributed by atoms with Gasteiger partial charge in [-0.25, -0.2) is 0 Å². The van der Waals surface area contributed by atoms with Gasteiger partial charge in [-0.1, -0.05) is 12.2 Å². The fourth-order valence-corrected chi connectivity index (χ4v) is 4.29. The molecule has 0 spiro atoms. The van der Waals surface area contributed by atoms with Crippen molar-refractivity contribution in [1.82, 2.24) is 5.32 Å². The van der Waals surface area contributed by atoms with Crippen LogP contribution in [-0.4, -0.2) is 12.5 Å². The molecule has 21 heavy (non-hydrogen) atoms. The molecule has 110 valence electrons. The highest BCUT2D eigenvalue weighted by atomic mass is 32.1. The summed E-state index contributed by atoms with van der Waals surface area (Å²) in [6, 6.07) is 6.50. The van der Waals surface area contributed by atoms with Crippen LogP contribution in [0.3, 0.4) is 0 Å². The summed E-state index contributed by atoms with van der Waals surface area (Å²) >= 11 is 3.55. The first-order valence-electron chi connectivity index (χ1n) is 7.37. The van der Waals surface area contributed by atoms with Gasteiger partial charge in [-0.3, -0.25) is 4.79 Å². The zero-order valence-corrected chi connectivity index (χ0v) is 13.5. The molecule has 0 aromatic carbocycles. The van der Waals surface area contributed by atoms with E-state index in [1.54, 1.807) is 11.3 Å². The number of carbonyl (C=O) groups excluding carboxylic acids is 1. The van der Waals surface area contributed by atoms with E-state index in [0.717, 1.165) is 32.2 Å². The van der Waals surface area contributed by atoms with Crippen LogP contribution < -0.4 is 5.32 Å². The van der Waals surface area contributed by atoms with Crippen LogP contribution in [-0.2, 0) is 11.2 Å². The van der Waals surface area contributed by atoms with Gasteiger partial charge in [0.15, 0.2) is 0 Å². The quantitative estimate of drug-likeness (QED) is 0.809. The number of thiophene rings is 2. The minimum Gasteiger partial charge on any atom is -0.355 e. The van der Waals surface area contributed by atoms with Gasteiger partial charge in [0.1, 0.15) is 0 Å². The average Bonchev–Trinajstić information content (AvgIpc) is 3.19. The standard InChI is InChI=1S/C17H19NOS2/c19-17(13-4-2-1-3-5-13)18-10-8-15-6-7-16(21-15)14-9-11-20-12-14/h1-2,6-7,9,11-13H,3-5,8,10H2,(H,18,19)/t13-/m0/s1. The summed E-state index contributed by atoms with van der Waals surface area (Å²) in [5, 5.41) is 7.36. The molecule has 2 aromatic rings. The maximum absolute atomic E-state index is 12.0. The minimum atomic E-state index is 0.180. The van der Waals surface area contributed by atoms with Crippen LogP contribution in [0, 0.1) is 5.92 Å². The Morgan fingerprint density at radius 1 is 1.29 bits per heavy atom. The highest BCUT2D eigenvalue weighted by Gasteiger charge is 2.17. The summed E-state index contributed by atoms with van der Waals surface area (Å²) in [6.45, 7) is 0.739. The van der Waals surface area contributed by atoms with Crippen LogP contribution in [0.4, 0.5) is 0 Å². The summed E-state index contributed by atoms with van der Waals surface area (Å²) in [5.74, 6) is 0.397. The van der Waals surface area contributed by atoms with Crippen LogP contribution >= 0.6 is 22.7 Å². The molecule has 0 saturated heterocycles. The number of amides is 1. The van der Waals surface area contributed by atoms with Crippen molar-refractivity contribution < 1.29 is 4.79 Å². The van der Waals surface area contributed by atoms with Gasteiger partial charge in [-0.15, -0.1) is 11.3 Å². The third-order valence-corrected chi connectivity index (χ3v) is 5.66. The molecule has 0 bridgehead atoms. The lowest BCUT2D eigenvalue weighted by molar-refractivity contribution is -0.125. The first-order chi connectivity index (χ1) is 10.3. The molecule has 4 heteroatoms. The van der Waals surface area contributed by atoms with Gasteiger partial charge in [0.2, 0.25) is 5.91 Å². The van der Waals surface area contributed by atoms with Crippen LogP contribution in [0.1, 0.15) is 24.1 Å². The molecule has 3 rings (SSSR count). The van der Waals surface area contributed by atoms with E-state index >= 15 is 0 Å². The Balaban J connectivity index is 1.47. The fraction of sp³-hybridized carbons (Fsp3) is 0.353. The van der Waals surface area contributed by atoms with Crippen molar-refractivity contribution in [3.8, 4) is 10.4 Å². The largest absolute Gasteiger partial charge is 0.355 e. The van der Waals surface area contributed by atoms with E-state index in [2.05, 4.69) is 46.4 Å². The second kappa shape index (κ2) is 7.05. The highest BCUT2D eigenvalue weighted by molar-refractivity contribution is 7.16. The monoisotopic (exact) mass is 317 g/mol. The van der Waals surface area contributed by atoms with E-state index in [-0.39, 0.29) is 11.8 Å². The Bertz CT molecular complexity index is 613. The summed E-state index contributed by atoms with van der Waals surface area (Å²) < 4.78 is 0. The van der Waals surface area contributed by atoms with Crippen molar-refractivity contribution in [2.24, 2.45) is 5.92 Å². The molecular weight excluding hydrogens is 298 g/mol. The lowest BCUT2D eigenvalue weighted by Crippen LogP contribution is -2.32. The number of nitrogens with one attached hydrogen (secondary N) is 1. The molecule has 2 heterocycles. The Hall–Kier alpha value is -1.39. The summed E-state index contributed by atoms with van der Waals surface area (Å²) in [4.78, 5) is 14.7. The predicted molar refractivity (Wildman–Crippen MR) is 90.8 cm³/mol. The molecule has 1 aliphatic carbocycles. The lowest BCUT2D eigenvalue weighted by atomic mass is 9.94. The van der Waals surface area contributed by atoms with Gasteiger partial charge in [-0.05, 0) is 54.6 Å². The molecule has 0 unspecified atom stereocenters. The van der Waals surface area contributed by atoms with E-state index in [4.69, 9.17) is 0 Å². The molecule has 1 N–H and O–H groups in total. The summed E-state index contributed by atoms with van der Waals surface area (Å²) in [7, 11) is 0. The Kier molecular flexibility index (Phi) is 4.88. The van der Waals surface area contributed by atoms with Crippen LogP contribution in [0.5, 0.6) is 0 Å². The summed E-state index contributed by atoms with van der Waals surface area (Å²) in [6.07, 6.45) is 8.13. The maximum Gasteiger partial charge on any atom is 0.223 e. The van der Waals surface area contributed by atoms with E-state index in [1.165, 1.54) is 15.3 Å². The van der Waals surface area contributed by atoms with Crippen LogP contribution in [0.2, 0.25) is 0 Å². The van der Waals surface area contributed by atoms with Crippen molar-refractivity contribution in [2.45, 2.75) is 25.7 Å². The third-order valence-electron chi connectivity index (χ3n) is 3.78. The van der Waals surface area contributed by atoms with Crippen molar-refractivity contribution in [3.05, 3.63) is 46.0 Å². The number of hydrogen-bond acceptors (Lipinski definition) is 3. The first-order valence-corrected chi connectivity index (χ1v) is 9.13. The SMILES string of the molecule is O=C(NCCc1ccc(-c2ccsc2)s1)[C@H]1CC=CCC1. The van der Waals surface area contributed by atoms with Crippen LogP contribution in [0.15, 0.2) is 41.1 Å². The molecule has 0 fully saturated rings. The topological polar surface area (TPSA) is 29.1 Å². The number of allylic oxidation sites excluding steroid dienone is 2. The Morgan fingerprint density at radius 3 is 3.00 bits per heavy atom. The molecule has 0 saturated carbocycles. The zero-order chi connectivity index (χ0) is 14.5. The van der Waals surface area contributed by atoms with Crippen molar-refractivity contribution in [1.29, 1.82) is 0 Å². The Morgan fingerprint density at radius 2 is 2.24 bits per heavy atom. The molecule has 1 aliphatic rings. The average molecular weight is 317 g/mol. The maximum atomic E-state index is 12.0. The second-order valence-corrected chi connectivity index (χ2v) is 7.25. The van der Waals surface area contributed by atoms with E-state index in [1.807, 2.05) is 11.3 Å². The lowest BCUT2D eigenvalue weighted by Gasteiger charge is -2.16. The number of hydrogen-bond donors (Lipinski definition) is 1. The van der Waals surface area contributed by atoms with Crippen molar-refractivity contribution in [2.75, 3.05) is 6.54 Å². The molecular formula is C17H19NOS2. The normalized spacial score (nSPS) is 17.8. The third kappa shape index (κ3) is 3.83. The van der Waals surface area contributed by atoms with E-state index in [9.17, 15) is 4.79 Å². The van der Waals surface area contributed by atoms with E-state index in [0.29, 0.717) is 0 Å². The van der Waals surface area contributed by atoms with Gasteiger partial charge in [0, 0.05) is 27.8 Å². The number of rotatable bonds is 5. The van der Waals surface area contributed by atoms with Crippen molar-refractivity contribution >= 4 is 28.6 Å². The fourth-order valence-electron chi connectivity index (χ4n) is 2.56. The molecule has 2 nitrogen and oxygen atoms in total. The molecule has 0 aliphatic heterocycles. The summed E-state index contributed by atoms with van der Waals surface area (Å²) in [5.41, 5.74) is 1.30.